The van der Waals surface area contributed by atoms with Gasteiger partial charge in [0, 0.05) is 37.6 Å². The third kappa shape index (κ3) is 4.41. The van der Waals surface area contributed by atoms with Gasteiger partial charge >= 0.3 is 6.03 Å². The first kappa shape index (κ1) is 17.7. The van der Waals surface area contributed by atoms with Crippen molar-refractivity contribution in [1.29, 1.82) is 0 Å². The van der Waals surface area contributed by atoms with Gasteiger partial charge in [-0.2, -0.15) is 0 Å². The van der Waals surface area contributed by atoms with Gasteiger partial charge in [0.05, 0.1) is 27.1 Å². The lowest BCUT2D eigenvalue weighted by Crippen LogP contribution is -2.43. The summed E-state index contributed by atoms with van der Waals surface area (Å²) in [7, 11) is 4.93. The van der Waals surface area contributed by atoms with Gasteiger partial charge in [-0.3, -0.25) is 0 Å². The minimum absolute atomic E-state index is 0.0126. The quantitative estimate of drug-likeness (QED) is 0.843. The molecule has 0 bridgehead atoms. The Kier molecular flexibility index (Phi) is 6.06. The zero-order valence-corrected chi connectivity index (χ0v) is 14.5. The van der Waals surface area contributed by atoms with E-state index in [0.29, 0.717) is 24.6 Å². The van der Waals surface area contributed by atoms with Crippen LogP contribution in [0.15, 0.2) is 36.9 Å². The topological polar surface area (TPSA) is 68.6 Å². The molecular weight excluding hydrogens is 308 g/mol. The van der Waals surface area contributed by atoms with Gasteiger partial charge in [0.15, 0.2) is 11.5 Å². The van der Waals surface area contributed by atoms with Crippen LogP contribution in [0, 0.1) is 0 Å². The van der Waals surface area contributed by atoms with Crippen LogP contribution >= 0.6 is 0 Å². The highest BCUT2D eigenvalue weighted by molar-refractivity contribution is 5.74. The monoisotopic (exact) mass is 332 g/mol. The van der Waals surface area contributed by atoms with Crippen LogP contribution in [-0.4, -0.2) is 47.8 Å². The SMILES string of the molecule is COc1cccc(CN(C)C(=O)NC(C)Cn2ccnc2)c1OC. The van der Waals surface area contributed by atoms with E-state index in [-0.39, 0.29) is 12.1 Å². The van der Waals surface area contributed by atoms with Crippen LogP contribution in [0.5, 0.6) is 11.5 Å². The highest BCUT2D eigenvalue weighted by atomic mass is 16.5. The smallest absolute Gasteiger partial charge is 0.317 e. The minimum atomic E-state index is -0.146. The summed E-state index contributed by atoms with van der Waals surface area (Å²) in [4.78, 5) is 18.0. The fraction of sp³-hybridized carbons (Fsp3) is 0.412. The molecule has 0 saturated carbocycles. The van der Waals surface area contributed by atoms with Gasteiger partial charge in [0.25, 0.3) is 0 Å². The van der Waals surface area contributed by atoms with Crippen molar-refractivity contribution in [1.82, 2.24) is 19.8 Å². The van der Waals surface area contributed by atoms with Crippen LogP contribution in [0.3, 0.4) is 0 Å². The number of amides is 2. The molecule has 1 heterocycles. The third-order valence-corrected chi connectivity index (χ3v) is 3.65. The van der Waals surface area contributed by atoms with Crippen LogP contribution in [0.4, 0.5) is 4.79 Å². The fourth-order valence-electron chi connectivity index (χ4n) is 2.48. The molecule has 0 radical (unpaired) electrons. The summed E-state index contributed by atoms with van der Waals surface area (Å²) in [5, 5.41) is 2.97. The second-order valence-electron chi connectivity index (χ2n) is 5.62. The molecule has 7 heteroatoms. The Hall–Kier alpha value is -2.70. The average Bonchev–Trinajstić information content (AvgIpc) is 3.07. The first-order valence-corrected chi connectivity index (χ1v) is 7.72. The molecule has 7 nitrogen and oxygen atoms in total. The largest absolute Gasteiger partial charge is 0.493 e. The van der Waals surface area contributed by atoms with E-state index in [4.69, 9.17) is 9.47 Å². The van der Waals surface area contributed by atoms with Crippen molar-refractivity contribution < 1.29 is 14.3 Å². The summed E-state index contributed by atoms with van der Waals surface area (Å²) in [6.07, 6.45) is 5.32. The van der Waals surface area contributed by atoms with Crippen LogP contribution < -0.4 is 14.8 Å². The molecule has 0 aliphatic carbocycles. The fourth-order valence-corrected chi connectivity index (χ4v) is 2.48. The maximum Gasteiger partial charge on any atom is 0.317 e. The summed E-state index contributed by atoms with van der Waals surface area (Å²) in [6, 6.07) is 5.47. The standard InChI is InChI=1S/C17H24N4O3/c1-13(10-21-9-8-18-12-21)19-17(22)20(2)11-14-6-5-7-15(23-3)16(14)24-4/h5-9,12-13H,10-11H2,1-4H3,(H,19,22). The van der Waals surface area contributed by atoms with E-state index in [0.717, 1.165) is 5.56 Å². The van der Waals surface area contributed by atoms with E-state index in [1.165, 1.54) is 0 Å². The molecule has 1 N–H and O–H groups in total. The number of ether oxygens (including phenoxy) is 2. The lowest BCUT2D eigenvalue weighted by atomic mass is 10.1. The Bertz CT molecular complexity index is 658. The maximum atomic E-state index is 12.4. The number of carbonyl (C=O) groups is 1. The second kappa shape index (κ2) is 8.24. The highest BCUT2D eigenvalue weighted by Gasteiger charge is 2.16. The number of imidazole rings is 1. The van der Waals surface area contributed by atoms with E-state index < -0.39 is 0 Å². The normalized spacial score (nSPS) is 11.7. The van der Waals surface area contributed by atoms with Gasteiger partial charge < -0.3 is 24.3 Å². The summed E-state index contributed by atoms with van der Waals surface area (Å²) >= 11 is 0. The lowest BCUT2D eigenvalue weighted by molar-refractivity contribution is 0.201. The molecule has 0 spiro atoms. The predicted molar refractivity (Wildman–Crippen MR) is 91.2 cm³/mol. The van der Waals surface area contributed by atoms with E-state index in [1.54, 1.807) is 38.7 Å². The number of hydrogen-bond donors (Lipinski definition) is 1. The van der Waals surface area contributed by atoms with E-state index in [1.807, 2.05) is 35.9 Å². The van der Waals surface area contributed by atoms with E-state index in [9.17, 15) is 4.79 Å². The van der Waals surface area contributed by atoms with Gasteiger partial charge in [-0.1, -0.05) is 12.1 Å². The average molecular weight is 332 g/mol. The molecule has 1 atom stereocenters. The van der Waals surface area contributed by atoms with Crippen molar-refractivity contribution in [3.05, 3.63) is 42.5 Å². The van der Waals surface area contributed by atoms with Gasteiger partial charge in [0.1, 0.15) is 0 Å². The first-order chi connectivity index (χ1) is 11.5. The van der Waals surface area contributed by atoms with Gasteiger partial charge in [-0.25, -0.2) is 9.78 Å². The number of urea groups is 1. The molecule has 2 rings (SSSR count). The predicted octanol–water partition coefficient (Wildman–Crippen LogP) is 2.13. The molecule has 1 aromatic carbocycles. The van der Waals surface area contributed by atoms with Gasteiger partial charge in [-0.05, 0) is 13.0 Å². The van der Waals surface area contributed by atoms with E-state index >= 15 is 0 Å². The summed E-state index contributed by atoms with van der Waals surface area (Å²) < 4.78 is 12.6. The van der Waals surface area contributed by atoms with Crippen LogP contribution in [0.2, 0.25) is 0 Å². The van der Waals surface area contributed by atoms with Crippen molar-refractivity contribution in [3.63, 3.8) is 0 Å². The van der Waals surface area contributed by atoms with Crippen LogP contribution in [-0.2, 0) is 13.1 Å². The number of nitrogens with zero attached hydrogens (tertiary/aromatic N) is 3. The summed E-state index contributed by atoms with van der Waals surface area (Å²) in [6.45, 7) is 3.05. The minimum Gasteiger partial charge on any atom is -0.493 e. The number of para-hydroxylation sites is 1. The highest BCUT2D eigenvalue weighted by Crippen LogP contribution is 2.31. The molecule has 2 amide bonds. The summed E-state index contributed by atoms with van der Waals surface area (Å²) in [5.74, 6) is 1.29. The number of aromatic nitrogens is 2. The van der Waals surface area contributed by atoms with E-state index in [2.05, 4.69) is 10.3 Å². The van der Waals surface area contributed by atoms with Crippen molar-refractivity contribution in [3.8, 4) is 11.5 Å². The van der Waals surface area contributed by atoms with Crippen molar-refractivity contribution in [2.24, 2.45) is 0 Å². The molecule has 0 aliphatic heterocycles. The van der Waals surface area contributed by atoms with Gasteiger partial charge in [0.2, 0.25) is 0 Å². The Morgan fingerprint density at radius 3 is 2.79 bits per heavy atom. The molecule has 1 unspecified atom stereocenters. The molecule has 0 saturated heterocycles. The van der Waals surface area contributed by atoms with Crippen molar-refractivity contribution in [2.75, 3.05) is 21.3 Å². The zero-order chi connectivity index (χ0) is 17.5. The van der Waals surface area contributed by atoms with Gasteiger partial charge in [-0.15, -0.1) is 0 Å². The number of rotatable bonds is 7. The molecule has 0 fully saturated rings. The number of hydrogen-bond acceptors (Lipinski definition) is 4. The maximum absolute atomic E-state index is 12.4. The Labute approximate surface area is 142 Å². The number of benzene rings is 1. The number of nitrogens with one attached hydrogen (secondary N) is 1. The number of carbonyl (C=O) groups excluding carboxylic acids is 1. The lowest BCUT2D eigenvalue weighted by Gasteiger charge is -2.23. The van der Waals surface area contributed by atoms with Crippen LogP contribution in [0.1, 0.15) is 12.5 Å². The van der Waals surface area contributed by atoms with Crippen LogP contribution in [0.25, 0.3) is 0 Å². The molecule has 2 aromatic rings. The molecule has 1 aromatic heterocycles. The van der Waals surface area contributed by atoms with Crippen molar-refractivity contribution in [2.45, 2.75) is 26.1 Å². The Morgan fingerprint density at radius 2 is 2.17 bits per heavy atom. The Balaban J connectivity index is 1.96. The molecule has 130 valence electrons. The Morgan fingerprint density at radius 1 is 1.38 bits per heavy atom. The zero-order valence-electron chi connectivity index (χ0n) is 14.5. The number of methoxy groups -OCH3 is 2. The molecular formula is C17H24N4O3. The molecule has 0 aliphatic rings. The third-order valence-electron chi connectivity index (χ3n) is 3.65. The van der Waals surface area contributed by atoms with Crippen molar-refractivity contribution >= 4 is 6.03 Å². The molecule has 24 heavy (non-hydrogen) atoms. The summed E-state index contributed by atoms with van der Waals surface area (Å²) in [5.41, 5.74) is 0.886. The first-order valence-electron chi connectivity index (χ1n) is 7.72. The second-order valence-corrected chi connectivity index (χ2v) is 5.62.